The molecule has 7 rings (SSSR count). The molecule has 6 aromatic carbocycles. The highest BCUT2D eigenvalue weighted by Gasteiger charge is 2.19. The Bertz CT molecular complexity index is 2600. The van der Waals surface area contributed by atoms with Crippen LogP contribution in [0.2, 0.25) is 0 Å². The summed E-state index contributed by atoms with van der Waals surface area (Å²) in [7, 11) is 0. The van der Waals surface area contributed by atoms with Crippen molar-refractivity contribution in [1.82, 2.24) is 0 Å². The number of benzene rings is 6. The highest BCUT2D eigenvalue weighted by Crippen LogP contribution is 2.45. The zero-order valence-corrected chi connectivity index (χ0v) is 20.6. The molecule has 0 bridgehead atoms. The van der Waals surface area contributed by atoms with E-state index in [0.717, 1.165) is 6.55 Å². The van der Waals surface area contributed by atoms with Crippen LogP contribution in [-0.2, 0) is 0 Å². The van der Waals surface area contributed by atoms with Gasteiger partial charge >= 0.3 is 0 Å². The molecule has 1 heterocycles. The summed E-state index contributed by atoms with van der Waals surface area (Å²) in [5.41, 5.74) is 1.47. The molecule has 0 aliphatic carbocycles. The molecule has 0 N–H and O–H groups in total. The third-order valence-corrected chi connectivity index (χ3v) is 6.71. The summed E-state index contributed by atoms with van der Waals surface area (Å²) in [5.74, 6) is 0. The van der Waals surface area contributed by atoms with Crippen molar-refractivity contribution in [1.29, 1.82) is 0 Å². The van der Waals surface area contributed by atoms with E-state index in [2.05, 4.69) is 0 Å². The number of allylic oxidation sites excluding steroid dienone is 4. The summed E-state index contributed by atoms with van der Waals surface area (Å²) < 4.78 is 101. The van der Waals surface area contributed by atoms with Crippen molar-refractivity contribution in [3.63, 3.8) is 0 Å². The van der Waals surface area contributed by atoms with Gasteiger partial charge in [-0.1, -0.05) is 140 Å². The molecular formula is C38H26O. The van der Waals surface area contributed by atoms with Gasteiger partial charge in [0, 0.05) is 10.8 Å². The molecule has 1 aromatic heterocycles. The molecule has 0 atom stereocenters. The van der Waals surface area contributed by atoms with Crippen molar-refractivity contribution >= 4 is 55.1 Å². The van der Waals surface area contributed by atoms with E-state index < -0.39 is 36.3 Å². The van der Waals surface area contributed by atoms with E-state index in [9.17, 15) is 1.37 Å². The van der Waals surface area contributed by atoms with E-state index in [1.54, 1.807) is 60.7 Å². The largest absolute Gasteiger partial charge is 0.456 e. The average molecular weight is 510 g/mol. The summed E-state index contributed by atoms with van der Waals surface area (Å²) in [6.07, 6.45) is 1.48. The predicted molar refractivity (Wildman–Crippen MR) is 168 cm³/mol. The fraction of sp³-hybridized carbons (Fsp3) is 0. The molecule has 0 fully saturated rings. The van der Waals surface area contributed by atoms with E-state index in [1.165, 1.54) is 6.08 Å². The Labute approximate surface area is 243 Å². The number of fused-ring (bicyclic) bond motifs is 5. The van der Waals surface area contributed by atoms with Crippen LogP contribution in [0.15, 0.2) is 150 Å². The topological polar surface area (TPSA) is 13.1 Å². The van der Waals surface area contributed by atoms with Crippen LogP contribution < -0.4 is 0 Å². The van der Waals surface area contributed by atoms with Crippen LogP contribution >= 0.6 is 0 Å². The molecule has 7 aromatic rings. The van der Waals surface area contributed by atoms with Gasteiger partial charge in [0.05, 0.1) is 15.1 Å². The van der Waals surface area contributed by atoms with Gasteiger partial charge in [-0.2, -0.15) is 0 Å². The SMILES string of the molecule is [2H]C=C(/C([2H])=C([2H])\C([2H])=C\c1ccccc1)c1c2ccccc2c(-c2c([2H])c([2H])c([2H])c3oc4c([2H])c([2H])c([2H])c([2H])c4c23)c2ccccc12. The highest BCUT2D eigenvalue weighted by atomic mass is 16.3. The number of rotatable bonds is 5. The van der Waals surface area contributed by atoms with Gasteiger partial charge < -0.3 is 4.42 Å². The standard InChI is InChI=1S/C38H26O/c1-26(14-5-6-17-27-15-3-2-4-16-27)36-28-18-7-9-20-30(28)37(31-21-10-8-19-29(31)36)33-23-13-25-35-38(33)32-22-11-12-24-34(32)39-35/h2-25H,1H2/b14-5-,17-6+/i1D,5D,6D,11D,12D,13D,14D,22D,23D,24D,25D/b14-5-,17-6+,26-1?. The summed E-state index contributed by atoms with van der Waals surface area (Å²) in [6.45, 7) is 0.991. The molecule has 0 unspecified atom stereocenters. The Morgan fingerprint density at radius 3 is 2.10 bits per heavy atom. The lowest BCUT2D eigenvalue weighted by atomic mass is 9.85. The average Bonchev–Trinajstić information content (AvgIpc) is 3.53. The third kappa shape index (κ3) is 3.96. The number of furan rings is 1. The van der Waals surface area contributed by atoms with Gasteiger partial charge in [-0.25, -0.2) is 0 Å². The maximum absolute atomic E-state index is 9.21. The van der Waals surface area contributed by atoms with Crippen LogP contribution in [0.3, 0.4) is 0 Å². The fourth-order valence-corrected chi connectivity index (χ4v) is 5.07. The lowest BCUT2D eigenvalue weighted by Gasteiger charge is -2.18. The minimum atomic E-state index is -0.510. The van der Waals surface area contributed by atoms with Crippen LogP contribution in [0.25, 0.3) is 66.3 Å². The Hall–Kier alpha value is -5.14. The van der Waals surface area contributed by atoms with E-state index in [4.69, 9.17) is 18.1 Å². The second-order valence-corrected chi connectivity index (χ2v) is 8.96. The van der Waals surface area contributed by atoms with Gasteiger partial charge in [0.2, 0.25) is 0 Å². The molecule has 0 aliphatic heterocycles. The maximum atomic E-state index is 9.21. The Kier molecular flexibility index (Phi) is 3.49. The first-order valence-electron chi connectivity index (χ1n) is 17.9. The number of hydrogen-bond acceptors (Lipinski definition) is 1. The predicted octanol–water partition coefficient (Wildman–Crippen LogP) is 10.8. The smallest absolute Gasteiger partial charge is 0.136 e. The first-order chi connectivity index (χ1) is 24.0. The van der Waals surface area contributed by atoms with Gasteiger partial charge in [-0.3, -0.25) is 0 Å². The van der Waals surface area contributed by atoms with Crippen LogP contribution in [0.5, 0.6) is 0 Å². The Morgan fingerprint density at radius 1 is 0.692 bits per heavy atom. The van der Waals surface area contributed by atoms with E-state index in [0.29, 0.717) is 38.2 Å². The van der Waals surface area contributed by atoms with Crippen molar-refractivity contribution in [3.05, 3.63) is 157 Å². The normalized spacial score (nSPS) is 17.3. The molecule has 0 aliphatic rings. The van der Waals surface area contributed by atoms with Crippen molar-refractivity contribution in [2.75, 3.05) is 0 Å². The highest BCUT2D eigenvalue weighted by molar-refractivity contribution is 6.24. The molecule has 0 saturated heterocycles. The lowest BCUT2D eigenvalue weighted by molar-refractivity contribution is 0.669. The summed E-state index contributed by atoms with van der Waals surface area (Å²) >= 11 is 0. The fourth-order valence-electron chi connectivity index (χ4n) is 5.07. The molecule has 184 valence electrons. The minimum absolute atomic E-state index is 0.00427. The molecule has 1 heteroatoms. The van der Waals surface area contributed by atoms with E-state index in [-0.39, 0.29) is 57.3 Å². The van der Waals surface area contributed by atoms with Crippen LogP contribution in [0.4, 0.5) is 0 Å². The van der Waals surface area contributed by atoms with Crippen molar-refractivity contribution in [2.45, 2.75) is 0 Å². The van der Waals surface area contributed by atoms with Crippen LogP contribution in [0, 0.1) is 0 Å². The van der Waals surface area contributed by atoms with E-state index >= 15 is 0 Å². The molecule has 1 nitrogen and oxygen atoms in total. The van der Waals surface area contributed by atoms with Crippen LogP contribution in [0.1, 0.15) is 26.2 Å². The van der Waals surface area contributed by atoms with Gasteiger partial charge in [-0.15, -0.1) is 0 Å². The van der Waals surface area contributed by atoms with E-state index in [1.807, 2.05) is 18.2 Å². The second kappa shape index (κ2) is 9.63. The second-order valence-electron chi connectivity index (χ2n) is 8.96. The summed E-state index contributed by atoms with van der Waals surface area (Å²) in [5, 5.41) is 2.26. The summed E-state index contributed by atoms with van der Waals surface area (Å²) in [4.78, 5) is 0. The minimum Gasteiger partial charge on any atom is -0.456 e. The molecule has 39 heavy (non-hydrogen) atoms. The first kappa shape index (κ1) is 14.1. The molecular weight excluding hydrogens is 472 g/mol. The van der Waals surface area contributed by atoms with Crippen molar-refractivity contribution < 1.29 is 19.5 Å². The monoisotopic (exact) mass is 509 g/mol. The van der Waals surface area contributed by atoms with Gasteiger partial charge in [0.1, 0.15) is 11.2 Å². The first-order valence-corrected chi connectivity index (χ1v) is 12.3. The Morgan fingerprint density at radius 2 is 1.36 bits per heavy atom. The number of hydrogen-bond donors (Lipinski definition) is 0. The van der Waals surface area contributed by atoms with Crippen molar-refractivity contribution in [3.8, 4) is 11.1 Å². The maximum Gasteiger partial charge on any atom is 0.136 e. The molecule has 0 spiro atoms. The summed E-state index contributed by atoms with van der Waals surface area (Å²) in [6, 6.07) is 19.2. The molecule has 0 amide bonds. The number of para-hydroxylation sites is 1. The van der Waals surface area contributed by atoms with Crippen LogP contribution in [-0.4, -0.2) is 0 Å². The quantitative estimate of drug-likeness (QED) is 0.166. The van der Waals surface area contributed by atoms with Gasteiger partial charge in [0.25, 0.3) is 0 Å². The third-order valence-electron chi connectivity index (χ3n) is 6.71. The van der Waals surface area contributed by atoms with Crippen molar-refractivity contribution in [2.24, 2.45) is 0 Å². The van der Waals surface area contributed by atoms with Gasteiger partial charge in [0.15, 0.2) is 0 Å². The zero-order valence-electron chi connectivity index (χ0n) is 31.6. The molecule has 0 radical (unpaired) electrons. The lowest BCUT2D eigenvalue weighted by Crippen LogP contribution is -1.92. The van der Waals surface area contributed by atoms with Gasteiger partial charge in [-0.05, 0) is 61.5 Å². The Balaban J connectivity index is 1.62. The zero-order chi connectivity index (χ0) is 35.6. The molecule has 0 saturated carbocycles.